The van der Waals surface area contributed by atoms with Crippen molar-refractivity contribution in [1.29, 1.82) is 0 Å². The number of ketones is 1. The van der Waals surface area contributed by atoms with Crippen molar-refractivity contribution >= 4 is 5.78 Å². The topological polar surface area (TPSA) is 46.5 Å². The summed E-state index contributed by atoms with van der Waals surface area (Å²) in [6.07, 6.45) is -3.84. The maximum atomic E-state index is 13.0. The van der Waals surface area contributed by atoms with Crippen LogP contribution in [-0.4, -0.2) is 17.5 Å². The average Bonchev–Trinajstić information content (AvgIpc) is 2.64. The van der Waals surface area contributed by atoms with E-state index in [-0.39, 0.29) is 18.4 Å². The number of carbonyl (C=O) groups excluding carboxylic acids is 1. The van der Waals surface area contributed by atoms with Crippen molar-refractivity contribution in [3.05, 3.63) is 64.7 Å². The highest BCUT2D eigenvalue weighted by Gasteiger charge is 2.34. The molecule has 1 aliphatic rings. The molecule has 1 unspecified atom stereocenters. The summed E-state index contributed by atoms with van der Waals surface area (Å²) in [4.78, 5) is 12.2. The first-order valence-electron chi connectivity index (χ1n) is 8.49. The van der Waals surface area contributed by atoms with Crippen LogP contribution in [-0.2, 0) is 12.6 Å². The van der Waals surface area contributed by atoms with Gasteiger partial charge < -0.3 is 9.84 Å². The number of alkyl halides is 3. The Labute approximate surface area is 149 Å². The number of aryl methyl sites for hydroxylation is 1. The lowest BCUT2D eigenvalue weighted by atomic mass is 9.95. The van der Waals surface area contributed by atoms with E-state index in [4.69, 9.17) is 4.74 Å². The molecule has 6 heteroatoms. The summed E-state index contributed by atoms with van der Waals surface area (Å²) in [5.74, 6) is 0.167. The molecule has 1 aliphatic heterocycles. The van der Waals surface area contributed by atoms with Crippen molar-refractivity contribution in [2.45, 2.75) is 38.0 Å². The zero-order valence-corrected chi connectivity index (χ0v) is 14.1. The Hall–Kier alpha value is -2.34. The highest BCUT2D eigenvalue weighted by atomic mass is 19.4. The molecule has 2 aromatic rings. The lowest BCUT2D eigenvalue weighted by molar-refractivity contribution is -0.137. The van der Waals surface area contributed by atoms with Crippen LogP contribution in [0.25, 0.3) is 0 Å². The Bertz CT molecular complexity index is 799. The summed E-state index contributed by atoms with van der Waals surface area (Å²) in [5, 5.41) is 10.3. The number of halogens is 3. The molecule has 0 bridgehead atoms. The molecular weight excluding hydrogens is 345 g/mol. The molecule has 0 amide bonds. The minimum Gasteiger partial charge on any atom is -0.493 e. The van der Waals surface area contributed by atoms with Gasteiger partial charge >= 0.3 is 6.18 Å². The zero-order chi connectivity index (χ0) is 18.7. The van der Waals surface area contributed by atoms with Crippen molar-refractivity contribution in [2.75, 3.05) is 6.61 Å². The van der Waals surface area contributed by atoms with Crippen molar-refractivity contribution < 1.29 is 27.8 Å². The SMILES string of the molecule is O=C(CCC(O)c1ccc2c(c1)CCCO2)c1ccccc1C(F)(F)F. The van der Waals surface area contributed by atoms with E-state index in [1.807, 2.05) is 6.07 Å². The maximum Gasteiger partial charge on any atom is 0.417 e. The maximum absolute atomic E-state index is 13.0. The molecule has 1 atom stereocenters. The van der Waals surface area contributed by atoms with Gasteiger partial charge in [0.2, 0.25) is 0 Å². The Morgan fingerprint density at radius 2 is 1.96 bits per heavy atom. The lowest BCUT2D eigenvalue weighted by Crippen LogP contribution is -2.14. The Kier molecular flexibility index (Phi) is 5.32. The van der Waals surface area contributed by atoms with E-state index in [1.54, 1.807) is 12.1 Å². The molecule has 26 heavy (non-hydrogen) atoms. The van der Waals surface area contributed by atoms with Crippen LogP contribution in [0.4, 0.5) is 13.2 Å². The number of Topliss-reactive ketones (excluding diaryl/α,β-unsaturated/α-hetero) is 1. The van der Waals surface area contributed by atoms with Gasteiger partial charge in [0, 0.05) is 12.0 Å². The third-order valence-electron chi connectivity index (χ3n) is 4.50. The molecule has 0 fully saturated rings. The van der Waals surface area contributed by atoms with E-state index in [2.05, 4.69) is 0 Å². The number of aliphatic hydroxyl groups excluding tert-OH is 1. The molecule has 1 heterocycles. The van der Waals surface area contributed by atoms with E-state index in [0.717, 1.165) is 30.2 Å². The summed E-state index contributed by atoms with van der Waals surface area (Å²) in [6, 6.07) is 10.1. The number of carbonyl (C=O) groups is 1. The highest BCUT2D eigenvalue weighted by molar-refractivity contribution is 5.97. The predicted molar refractivity (Wildman–Crippen MR) is 90.2 cm³/mol. The summed E-state index contributed by atoms with van der Waals surface area (Å²) >= 11 is 0. The monoisotopic (exact) mass is 364 g/mol. The second-order valence-corrected chi connectivity index (χ2v) is 6.34. The van der Waals surface area contributed by atoms with Crippen LogP contribution in [0.5, 0.6) is 5.75 Å². The minimum absolute atomic E-state index is 0.0602. The third-order valence-corrected chi connectivity index (χ3v) is 4.50. The molecule has 0 spiro atoms. The van der Waals surface area contributed by atoms with E-state index in [0.29, 0.717) is 12.2 Å². The van der Waals surface area contributed by atoms with Gasteiger partial charge in [0.25, 0.3) is 0 Å². The third kappa shape index (κ3) is 4.07. The number of aliphatic hydroxyl groups is 1. The molecule has 0 radical (unpaired) electrons. The van der Waals surface area contributed by atoms with Crippen LogP contribution in [0.2, 0.25) is 0 Å². The number of rotatable bonds is 5. The fourth-order valence-electron chi connectivity index (χ4n) is 3.13. The second-order valence-electron chi connectivity index (χ2n) is 6.34. The van der Waals surface area contributed by atoms with Gasteiger partial charge in [0.1, 0.15) is 5.75 Å². The Morgan fingerprint density at radius 1 is 1.19 bits per heavy atom. The van der Waals surface area contributed by atoms with E-state index in [1.165, 1.54) is 18.2 Å². The number of hydrogen-bond donors (Lipinski definition) is 1. The summed E-state index contributed by atoms with van der Waals surface area (Å²) < 4.78 is 44.6. The van der Waals surface area contributed by atoms with E-state index in [9.17, 15) is 23.1 Å². The van der Waals surface area contributed by atoms with Gasteiger partial charge in [0.15, 0.2) is 5.78 Å². The normalized spacial score (nSPS) is 15.1. The average molecular weight is 364 g/mol. The Balaban J connectivity index is 1.68. The predicted octanol–water partition coefficient (Wildman–Crippen LogP) is 4.73. The molecule has 0 saturated carbocycles. The van der Waals surface area contributed by atoms with Crippen molar-refractivity contribution in [3.8, 4) is 5.75 Å². The summed E-state index contributed by atoms with van der Waals surface area (Å²) in [6.45, 7) is 0.669. The van der Waals surface area contributed by atoms with Gasteiger partial charge in [-0.2, -0.15) is 13.2 Å². The quantitative estimate of drug-likeness (QED) is 0.781. The van der Waals surface area contributed by atoms with Gasteiger partial charge in [-0.25, -0.2) is 0 Å². The first-order valence-corrected chi connectivity index (χ1v) is 8.49. The minimum atomic E-state index is -4.58. The number of fused-ring (bicyclic) bond motifs is 1. The molecule has 1 N–H and O–H groups in total. The van der Waals surface area contributed by atoms with Crippen LogP contribution < -0.4 is 4.74 Å². The Morgan fingerprint density at radius 3 is 2.73 bits per heavy atom. The number of ether oxygens (including phenoxy) is 1. The molecule has 0 aromatic heterocycles. The van der Waals surface area contributed by atoms with Gasteiger partial charge in [0.05, 0.1) is 18.3 Å². The highest BCUT2D eigenvalue weighted by Crippen LogP contribution is 2.33. The van der Waals surface area contributed by atoms with Gasteiger partial charge in [-0.15, -0.1) is 0 Å². The van der Waals surface area contributed by atoms with Crippen LogP contribution in [0, 0.1) is 0 Å². The molecule has 0 saturated heterocycles. The van der Waals surface area contributed by atoms with Gasteiger partial charge in [-0.05, 0) is 48.6 Å². The molecule has 3 nitrogen and oxygen atoms in total. The first-order chi connectivity index (χ1) is 12.4. The second kappa shape index (κ2) is 7.50. The van der Waals surface area contributed by atoms with Crippen molar-refractivity contribution in [3.63, 3.8) is 0 Å². The van der Waals surface area contributed by atoms with Crippen molar-refractivity contribution in [1.82, 2.24) is 0 Å². The van der Waals surface area contributed by atoms with E-state index >= 15 is 0 Å². The number of benzene rings is 2. The van der Waals surface area contributed by atoms with Crippen LogP contribution >= 0.6 is 0 Å². The van der Waals surface area contributed by atoms with Crippen LogP contribution in [0.3, 0.4) is 0 Å². The molecule has 2 aromatic carbocycles. The fraction of sp³-hybridized carbons (Fsp3) is 0.350. The molecule has 0 aliphatic carbocycles. The van der Waals surface area contributed by atoms with Crippen molar-refractivity contribution in [2.24, 2.45) is 0 Å². The van der Waals surface area contributed by atoms with Gasteiger partial charge in [-0.1, -0.05) is 24.3 Å². The lowest BCUT2D eigenvalue weighted by Gasteiger charge is -2.19. The van der Waals surface area contributed by atoms with Gasteiger partial charge in [-0.3, -0.25) is 4.79 Å². The fourth-order valence-corrected chi connectivity index (χ4v) is 3.13. The van der Waals surface area contributed by atoms with E-state index < -0.39 is 23.6 Å². The van der Waals surface area contributed by atoms with Crippen LogP contribution in [0.15, 0.2) is 42.5 Å². The smallest absolute Gasteiger partial charge is 0.417 e. The number of hydrogen-bond acceptors (Lipinski definition) is 3. The standard InChI is InChI=1S/C20H19F3O3/c21-20(22,23)16-6-2-1-5-15(16)18(25)9-8-17(24)13-7-10-19-14(12-13)4-3-11-26-19/h1-2,5-7,10,12,17,24H,3-4,8-9,11H2. The summed E-state index contributed by atoms with van der Waals surface area (Å²) in [5.41, 5.74) is 0.351. The molecule has 138 valence electrons. The molecule has 3 rings (SSSR count). The zero-order valence-electron chi connectivity index (χ0n) is 14.1. The first kappa shape index (κ1) is 18.5. The summed E-state index contributed by atoms with van der Waals surface area (Å²) in [7, 11) is 0. The molecular formula is C20H19F3O3. The largest absolute Gasteiger partial charge is 0.493 e. The van der Waals surface area contributed by atoms with Crippen LogP contribution in [0.1, 0.15) is 52.4 Å².